The second-order valence-electron chi connectivity index (χ2n) is 4.80. The van der Waals surface area contributed by atoms with Gasteiger partial charge in [-0.3, -0.25) is 0 Å². The largest absolute Gasteiger partial charge is 0.494 e. The molecule has 21 heavy (non-hydrogen) atoms. The molecule has 2 rings (SSSR count). The number of benzene rings is 1. The Morgan fingerprint density at radius 3 is 2.62 bits per heavy atom. The van der Waals surface area contributed by atoms with Crippen molar-refractivity contribution < 1.29 is 4.74 Å². The van der Waals surface area contributed by atoms with Crippen LogP contribution >= 0.6 is 22.9 Å². The first-order valence-corrected chi connectivity index (χ1v) is 8.68. The van der Waals surface area contributed by atoms with Crippen LogP contribution in [0.1, 0.15) is 39.5 Å². The molecular weight excluding hydrogens is 302 g/mol. The molecule has 0 atom stereocenters. The van der Waals surface area contributed by atoms with Crippen molar-refractivity contribution in [1.82, 2.24) is 4.98 Å². The minimum Gasteiger partial charge on any atom is -0.494 e. The monoisotopic (exact) mass is 325 g/mol. The maximum absolute atomic E-state index is 6.08. The molecule has 0 aliphatic carbocycles. The first kappa shape index (κ1) is 18.0. The number of rotatable bonds is 5. The maximum Gasteiger partial charge on any atom is 0.184 e. The van der Waals surface area contributed by atoms with Crippen molar-refractivity contribution in [2.24, 2.45) is 5.92 Å². The Bertz CT molecular complexity index is 551. The zero-order valence-corrected chi connectivity index (χ0v) is 15.0. The minimum atomic E-state index is 0.588. The van der Waals surface area contributed by atoms with Gasteiger partial charge in [-0.25, -0.2) is 4.98 Å². The van der Waals surface area contributed by atoms with Gasteiger partial charge in [0.25, 0.3) is 0 Å². The molecule has 4 heteroatoms. The second kappa shape index (κ2) is 9.06. The molecule has 0 aliphatic rings. The average molecular weight is 326 g/mol. The third-order valence-electron chi connectivity index (χ3n) is 2.68. The molecule has 0 amide bonds. The van der Waals surface area contributed by atoms with E-state index in [0.717, 1.165) is 23.4 Å². The number of ether oxygens (including phenoxy) is 1. The molecule has 0 spiro atoms. The van der Waals surface area contributed by atoms with Crippen molar-refractivity contribution in [3.05, 3.63) is 33.6 Å². The second-order valence-corrected chi connectivity index (χ2v) is 6.46. The molecule has 0 unspecified atom stereocenters. The molecule has 0 radical (unpaired) electrons. The van der Waals surface area contributed by atoms with Gasteiger partial charge in [-0.2, -0.15) is 0 Å². The Labute approximate surface area is 137 Å². The van der Waals surface area contributed by atoms with E-state index in [0.29, 0.717) is 17.0 Å². The van der Waals surface area contributed by atoms with Crippen LogP contribution in [0.25, 0.3) is 11.3 Å². The molecule has 0 aliphatic heterocycles. The first-order valence-electron chi connectivity index (χ1n) is 7.48. The summed E-state index contributed by atoms with van der Waals surface area (Å²) in [5.41, 5.74) is 2.06. The van der Waals surface area contributed by atoms with Gasteiger partial charge in [-0.05, 0) is 31.4 Å². The van der Waals surface area contributed by atoms with E-state index in [1.807, 2.05) is 39.0 Å². The van der Waals surface area contributed by atoms with Gasteiger partial charge in [0.05, 0.1) is 12.3 Å². The van der Waals surface area contributed by atoms with Crippen molar-refractivity contribution >= 4 is 22.9 Å². The summed E-state index contributed by atoms with van der Waals surface area (Å²) < 4.78 is 6.14. The fourth-order valence-corrected chi connectivity index (χ4v) is 3.34. The molecule has 0 fully saturated rings. The molecule has 1 heterocycles. The number of aromatic nitrogens is 1. The fourth-order valence-electron chi connectivity index (χ4n) is 1.96. The number of hydrogen-bond donors (Lipinski definition) is 0. The van der Waals surface area contributed by atoms with Crippen LogP contribution in [0, 0.1) is 5.92 Å². The molecule has 1 aromatic heterocycles. The highest BCUT2D eigenvalue weighted by Gasteiger charge is 2.14. The van der Waals surface area contributed by atoms with Crippen molar-refractivity contribution in [3.8, 4) is 17.0 Å². The summed E-state index contributed by atoms with van der Waals surface area (Å²) in [6.07, 6.45) is 0.999. The lowest BCUT2D eigenvalue weighted by molar-refractivity contribution is 0.340. The van der Waals surface area contributed by atoms with Crippen LogP contribution in [0.3, 0.4) is 0 Å². The predicted octanol–water partition coefficient (Wildman–Crippen LogP) is 6.09. The van der Waals surface area contributed by atoms with Gasteiger partial charge in [0.1, 0.15) is 5.75 Å². The van der Waals surface area contributed by atoms with Gasteiger partial charge in [-0.15, -0.1) is 11.3 Å². The lowest BCUT2D eigenvalue weighted by Crippen LogP contribution is -1.95. The molecular formula is C17H24ClNOS. The summed E-state index contributed by atoms with van der Waals surface area (Å²) in [6.45, 7) is 11.1. The molecule has 0 saturated heterocycles. The van der Waals surface area contributed by atoms with Crippen LogP contribution in [-0.4, -0.2) is 11.6 Å². The molecule has 0 bridgehead atoms. The number of nitrogens with zero attached hydrogens (tertiary/aromatic N) is 1. The summed E-state index contributed by atoms with van der Waals surface area (Å²) in [6, 6.07) is 8.03. The third-order valence-corrected chi connectivity index (χ3v) is 3.87. The zero-order chi connectivity index (χ0) is 15.8. The molecule has 0 saturated carbocycles. The first-order chi connectivity index (χ1) is 10.1. The SMILES string of the molecule is CC.CCOc1cccc(-c2nc(Cl)sc2CC(C)C)c1. The zero-order valence-electron chi connectivity index (χ0n) is 13.4. The van der Waals surface area contributed by atoms with Gasteiger partial charge >= 0.3 is 0 Å². The van der Waals surface area contributed by atoms with Gasteiger partial charge in [0.2, 0.25) is 0 Å². The topological polar surface area (TPSA) is 22.1 Å². The van der Waals surface area contributed by atoms with Crippen LogP contribution in [0.5, 0.6) is 5.75 Å². The Balaban J connectivity index is 0.00000106. The van der Waals surface area contributed by atoms with Crippen molar-refractivity contribution in [2.75, 3.05) is 6.61 Å². The summed E-state index contributed by atoms with van der Waals surface area (Å²) >= 11 is 7.65. The van der Waals surface area contributed by atoms with Gasteiger partial charge in [0.15, 0.2) is 4.47 Å². The van der Waals surface area contributed by atoms with Crippen LogP contribution in [0.15, 0.2) is 24.3 Å². The summed E-state index contributed by atoms with van der Waals surface area (Å²) in [5.74, 6) is 1.46. The lowest BCUT2D eigenvalue weighted by atomic mass is 10.0. The van der Waals surface area contributed by atoms with E-state index in [9.17, 15) is 0 Å². The van der Waals surface area contributed by atoms with Crippen LogP contribution < -0.4 is 4.74 Å². The quantitative estimate of drug-likeness (QED) is 0.663. The highest BCUT2D eigenvalue weighted by molar-refractivity contribution is 7.16. The van der Waals surface area contributed by atoms with E-state index in [1.165, 1.54) is 4.88 Å². The normalized spacial score (nSPS) is 10.2. The summed E-state index contributed by atoms with van der Waals surface area (Å²) in [5, 5.41) is 0. The molecule has 1 aromatic carbocycles. The Kier molecular flexibility index (Phi) is 7.76. The number of hydrogen-bond acceptors (Lipinski definition) is 3. The van der Waals surface area contributed by atoms with Crippen molar-refractivity contribution in [1.29, 1.82) is 0 Å². The molecule has 116 valence electrons. The van der Waals surface area contributed by atoms with Gasteiger partial charge < -0.3 is 4.74 Å². The molecule has 2 nitrogen and oxygen atoms in total. The van der Waals surface area contributed by atoms with Gasteiger partial charge in [0, 0.05) is 10.4 Å². The minimum absolute atomic E-state index is 0.588. The molecule has 0 N–H and O–H groups in total. The van der Waals surface area contributed by atoms with E-state index >= 15 is 0 Å². The standard InChI is InChI=1S/C15H18ClNOS.C2H6/c1-4-18-12-7-5-6-11(9-12)14-13(8-10(2)3)19-15(16)17-14;1-2/h5-7,9-10H,4,8H2,1-3H3;1-2H3. The van der Waals surface area contributed by atoms with E-state index in [1.54, 1.807) is 11.3 Å². The van der Waals surface area contributed by atoms with Crippen molar-refractivity contribution in [3.63, 3.8) is 0 Å². The maximum atomic E-state index is 6.08. The van der Waals surface area contributed by atoms with E-state index < -0.39 is 0 Å². The predicted molar refractivity (Wildman–Crippen MR) is 93.6 cm³/mol. The van der Waals surface area contributed by atoms with E-state index in [-0.39, 0.29) is 0 Å². The highest BCUT2D eigenvalue weighted by Crippen LogP contribution is 2.33. The van der Waals surface area contributed by atoms with Crippen LogP contribution in [0.4, 0.5) is 0 Å². The third kappa shape index (κ3) is 5.33. The fraction of sp³-hybridized carbons (Fsp3) is 0.471. The average Bonchev–Trinajstić information content (AvgIpc) is 2.82. The Morgan fingerprint density at radius 1 is 1.29 bits per heavy atom. The molecule has 2 aromatic rings. The smallest absolute Gasteiger partial charge is 0.184 e. The lowest BCUT2D eigenvalue weighted by Gasteiger charge is -2.07. The number of thiazole rings is 1. The van der Waals surface area contributed by atoms with Crippen LogP contribution in [0.2, 0.25) is 4.47 Å². The highest BCUT2D eigenvalue weighted by atomic mass is 35.5. The van der Waals surface area contributed by atoms with E-state index in [4.69, 9.17) is 16.3 Å². The summed E-state index contributed by atoms with van der Waals surface area (Å²) in [4.78, 5) is 5.71. The van der Waals surface area contributed by atoms with E-state index in [2.05, 4.69) is 24.9 Å². The Morgan fingerprint density at radius 2 is 2.00 bits per heavy atom. The summed E-state index contributed by atoms with van der Waals surface area (Å²) in [7, 11) is 0. The van der Waals surface area contributed by atoms with Crippen LogP contribution in [-0.2, 0) is 6.42 Å². The number of halogens is 1. The van der Waals surface area contributed by atoms with Gasteiger partial charge in [-0.1, -0.05) is 51.4 Å². The van der Waals surface area contributed by atoms with Crippen molar-refractivity contribution in [2.45, 2.75) is 41.0 Å². The Hall–Kier alpha value is -1.06.